The van der Waals surface area contributed by atoms with E-state index in [1.807, 2.05) is 0 Å². The van der Waals surface area contributed by atoms with E-state index in [1.54, 1.807) is 0 Å². The normalized spacial score (nSPS) is 10.3. The molecule has 0 bridgehead atoms. The van der Waals surface area contributed by atoms with Gasteiger partial charge in [0.15, 0.2) is 0 Å². The molecule has 118 valence electrons. The summed E-state index contributed by atoms with van der Waals surface area (Å²) in [4.78, 5) is 22.3. The summed E-state index contributed by atoms with van der Waals surface area (Å²) in [6.45, 7) is 2.64. The van der Waals surface area contributed by atoms with Crippen LogP contribution in [0.5, 0.6) is 0 Å². The molecule has 0 saturated heterocycles. The number of carbonyl (C=O) groups is 2. The lowest BCUT2D eigenvalue weighted by molar-refractivity contribution is -0.161. The first-order valence-corrected chi connectivity index (χ1v) is 7.69. The summed E-state index contributed by atoms with van der Waals surface area (Å²) in [5.41, 5.74) is 0. The number of unbranched alkanes of at least 4 members (excludes halogenated alkanes) is 7. The van der Waals surface area contributed by atoms with Gasteiger partial charge in [0.05, 0.1) is 13.0 Å². The van der Waals surface area contributed by atoms with E-state index < -0.39 is 5.91 Å². The zero-order chi connectivity index (χ0) is 15.2. The molecule has 0 atom stereocenters. The van der Waals surface area contributed by atoms with Crippen LogP contribution < -0.4 is 0 Å². The van der Waals surface area contributed by atoms with Crippen LogP contribution in [0.4, 0.5) is 0 Å². The van der Waals surface area contributed by atoms with Crippen LogP contribution in [0.1, 0.15) is 71.1 Å². The van der Waals surface area contributed by atoms with Crippen LogP contribution in [-0.2, 0) is 14.3 Å². The van der Waals surface area contributed by atoms with Crippen LogP contribution in [0.25, 0.3) is 0 Å². The molecule has 20 heavy (non-hydrogen) atoms. The van der Waals surface area contributed by atoms with Crippen molar-refractivity contribution in [1.82, 2.24) is 5.06 Å². The van der Waals surface area contributed by atoms with E-state index in [0.717, 1.165) is 12.8 Å². The van der Waals surface area contributed by atoms with Gasteiger partial charge in [0, 0.05) is 13.5 Å². The van der Waals surface area contributed by atoms with Crippen LogP contribution in [0, 0.1) is 0 Å². The summed E-state index contributed by atoms with van der Waals surface area (Å²) in [5.74, 6) is -0.850. The molecule has 0 radical (unpaired) electrons. The first-order valence-electron chi connectivity index (χ1n) is 7.69. The minimum Gasteiger partial charge on any atom is -0.466 e. The summed E-state index contributed by atoms with van der Waals surface area (Å²) in [5, 5.41) is 9.31. The van der Waals surface area contributed by atoms with E-state index >= 15 is 0 Å². The van der Waals surface area contributed by atoms with Crippen molar-refractivity contribution in [3.63, 3.8) is 0 Å². The highest BCUT2D eigenvalue weighted by Gasteiger charge is 2.10. The molecule has 0 aromatic rings. The molecule has 5 heteroatoms. The zero-order valence-corrected chi connectivity index (χ0v) is 12.9. The van der Waals surface area contributed by atoms with Gasteiger partial charge in [0.25, 0.3) is 0 Å². The minimum atomic E-state index is -0.478. The second kappa shape index (κ2) is 12.9. The Hall–Kier alpha value is -1.10. The van der Waals surface area contributed by atoms with Crippen molar-refractivity contribution < 1.29 is 19.5 Å². The number of esters is 1. The van der Waals surface area contributed by atoms with Crippen molar-refractivity contribution in [1.29, 1.82) is 0 Å². The van der Waals surface area contributed by atoms with Gasteiger partial charge in [-0.2, -0.15) is 0 Å². The van der Waals surface area contributed by atoms with E-state index in [4.69, 9.17) is 9.94 Å². The Balaban J connectivity index is 3.29. The fourth-order valence-electron chi connectivity index (χ4n) is 1.86. The number of hydrogen-bond donors (Lipinski definition) is 1. The SMILES string of the molecule is CCCCCCCCCCOC(=O)CCC(=O)N(C)O. The third-order valence-corrected chi connectivity index (χ3v) is 3.16. The van der Waals surface area contributed by atoms with Crippen molar-refractivity contribution in [3.8, 4) is 0 Å². The molecule has 0 heterocycles. The van der Waals surface area contributed by atoms with Gasteiger partial charge in [-0.3, -0.25) is 14.8 Å². The van der Waals surface area contributed by atoms with Crippen molar-refractivity contribution in [2.75, 3.05) is 13.7 Å². The van der Waals surface area contributed by atoms with Crippen LogP contribution in [0.15, 0.2) is 0 Å². The van der Waals surface area contributed by atoms with Crippen LogP contribution in [0.2, 0.25) is 0 Å². The Labute approximate surface area is 122 Å². The molecule has 0 rings (SSSR count). The van der Waals surface area contributed by atoms with Gasteiger partial charge in [-0.15, -0.1) is 0 Å². The predicted molar refractivity (Wildman–Crippen MR) is 77.4 cm³/mol. The van der Waals surface area contributed by atoms with Gasteiger partial charge in [-0.1, -0.05) is 51.9 Å². The average molecular weight is 287 g/mol. The number of ether oxygens (including phenoxy) is 1. The summed E-state index contributed by atoms with van der Waals surface area (Å²) < 4.78 is 5.03. The van der Waals surface area contributed by atoms with Crippen molar-refractivity contribution in [2.24, 2.45) is 0 Å². The minimum absolute atomic E-state index is 0.0107. The predicted octanol–water partition coefficient (Wildman–Crippen LogP) is 3.30. The third kappa shape index (κ3) is 12.0. The molecule has 0 saturated carbocycles. The molecule has 0 unspecified atom stereocenters. The molecular weight excluding hydrogens is 258 g/mol. The summed E-state index contributed by atoms with van der Waals surface area (Å²) in [6.07, 6.45) is 9.63. The van der Waals surface area contributed by atoms with E-state index in [2.05, 4.69) is 6.92 Å². The Bertz CT molecular complexity index is 267. The maximum absolute atomic E-state index is 11.3. The Morgan fingerprint density at radius 3 is 2.05 bits per heavy atom. The molecule has 0 fully saturated rings. The van der Waals surface area contributed by atoms with Crippen LogP contribution >= 0.6 is 0 Å². The molecule has 0 spiro atoms. The van der Waals surface area contributed by atoms with E-state index in [0.29, 0.717) is 11.7 Å². The number of carbonyl (C=O) groups excluding carboxylic acids is 2. The van der Waals surface area contributed by atoms with Crippen LogP contribution in [0.3, 0.4) is 0 Å². The van der Waals surface area contributed by atoms with Gasteiger partial charge in [-0.05, 0) is 6.42 Å². The van der Waals surface area contributed by atoms with Gasteiger partial charge < -0.3 is 4.74 Å². The highest BCUT2D eigenvalue weighted by atomic mass is 16.5. The van der Waals surface area contributed by atoms with Crippen molar-refractivity contribution >= 4 is 11.9 Å². The molecule has 0 aromatic carbocycles. The highest BCUT2D eigenvalue weighted by molar-refractivity contribution is 5.80. The first-order chi connectivity index (χ1) is 9.57. The maximum Gasteiger partial charge on any atom is 0.306 e. The van der Waals surface area contributed by atoms with Crippen LogP contribution in [-0.4, -0.2) is 35.8 Å². The maximum atomic E-state index is 11.3. The smallest absolute Gasteiger partial charge is 0.306 e. The molecule has 0 aliphatic heterocycles. The molecule has 1 N–H and O–H groups in total. The lowest BCUT2D eigenvalue weighted by Gasteiger charge is -2.08. The Kier molecular flexibility index (Phi) is 12.2. The number of rotatable bonds is 12. The average Bonchev–Trinajstić information content (AvgIpc) is 2.42. The quantitative estimate of drug-likeness (QED) is 0.259. The van der Waals surface area contributed by atoms with Gasteiger partial charge in [-0.25, -0.2) is 5.06 Å². The first kappa shape index (κ1) is 18.9. The second-order valence-electron chi connectivity index (χ2n) is 5.11. The number of nitrogens with zero attached hydrogens (tertiary/aromatic N) is 1. The molecule has 0 aliphatic rings. The van der Waals surface area contributed by atoms with Gasteiger partial charge in [0.2, 0.25) is 5.91 Å². The fourth-order valence-corrected chi connectivity index (χ4v) is 1.86. The Morgan fingerprint density at radius 2 is 1.50 bits per heavy atom. The van der Waals surface area contributed by atoms with E-state index in [9.17, 15) is 9.59 Å². The van der Waals surface area contributed by atoms with E-state index in [1.165, 1.54) is 45.6 Å². The van der Waals surface area contributed by atoms with Crippen molar-refractivity contribution in [3.05, 3.63) is 0 Å². The number of hydrogen-bond acceptors (Lipinski definition) is 4. The Morgan fingerprint density at radius 1 is 0.950 bits per heavy atom. The lowest BCUT2D eigenvalue weighted by Crippen LogP contribution is -2.23. The fraction of sp³-hybridized carbons (Fsp3) is 0.867. The molecule has 5 nitrogen and oxygen atoms in total. The van der Waals surface area contributed by atoms with E-state index in [-0.39, 0.29) is 18.8 Å². The molecule has 0 aromatic heterocycles. The monoisotopic (exact) mass is 287 g/mol. The zero-order valence-electron chi connectivity index (χ0n) is 12.9. The second-order valence-corrected chi connectivity index (χ2v) is 5.11. The van der Waals surface area contributed by atoms with Gasteiger partial charge >= 0.3 is 5.97 Å². The highest BCUT2D eigenvalue weighted by Crippen LogP contribution is 2.08. The lowest BCUT2D eigenvalue weighted by atomic mass is 10.1. The molecular formula is C15H29NO4. The summed E-state index contributed by atoms with van der Waals surface area (Å²) >= 11 is 0. The summed E-state index contributed by atoms with van der Waals surface area (Å²) in [7, 11) is 1.24. The van der Waals surface area contributed by atoms with Crippen molar-refractivity contribution in [2.45, 2.75) is 71.1 Å². The number of hydroxylamine groups is 2. The molecule has 0 aliphatic carbocycles. The molecule has 1 amide bonds. The standard InChI is InChI=1S/C15H29NO4/c1-3-4-5-6-7-8-9-10-13-20-15(18)12-11-14(17)16(2)19/h19H,3-13H2,1-2H3. The number of amides is 1. The third-order valence-electron chi connectivity index (χ3n) is 3.16. The van der Waals surface area contributed by atoms with Gasteiger partial charge in [0.1, 0.15) is 0 Å². The summed E-state index contributed by atoms with van der Waals surface area (Å²) in [6, 6.07) is 0. The largest absolute Gasteiger partial charge is 0.466 e. The topological polar surface area (TPSA) is 66.8 Å².